The van der Waals surface area contributed by atoms with Gasteiger partial charge in [-0.05, 0) is 49.1 Å². The predicted molar refractivity (Wildman–Crippen MR) is 100.0 cm³/mol. The van der Waals surface area contributed by atoms with E-state index in [1.165, 1.54) is 30.2 Å². The zero-order chi connectivity index (χ0) is 19.0. The third-order valence-corrected chi connectivity index (χ3v) is 5.38. The Morgan fingerprint density at radius 1 is 1.19 bits per heavy atom. The van der Waals surface area contributed by atoms with Crippen molar-refractivity contribution in [3.05, 3.63) is 58.9 Å². The van der Waals surface area contributed by atoms with Crippen molar-refractivity contribution in [2.24, 2.45) is 0 Å². The third kappa shape index (κ3) is 3.52. The smallest absolute Gasteiger partial charge is 0.251 e. The number of anilines is 1. The number of carbonyl (C=O) groups is 2. The predicted octanol–water partition coefficient (Wildman–Crippen LogP) is 3.23. The summed E-state index contributed by atoms with van der Waals surface area (Å²) in [5.74, 6) is -1.91. The van der Waals surface area contributed by atoms with Crippen LogP contribution < -0.4 is 10.2 Å². The first-order valence-corrected chi connectivity index (χ1v) is 9.20. The molecular formula is C21H21FN2O3. The Morgan fingerprint density at radius 2 is 1.89 bits per heavy atom. The van der Waals surface area contributed by atoms with E-state index in [9.17, 15) is 19.1 Å². The number of benzene rings is 2. The molecule has 4 rings (SSSR count). The Hall–Kier alpha value is -2.89. The highest BCUT2D eigenvalue weighted by Gasteiger charge is 2.39. The van der Waals surface area contributed by atoms with E-state index < -0.39 is 17.5 Å². The number of carbonyl (C=O) groups excluding carboxylic acids is 2. The van der Waals surface area contributed by atoms with E-state index in [0.29, 0.717) is 6.29 Å². The standard InChI is InChI=1S/C21H21FN2O3/c22-18-10-14(9-15(12-25)20(18)26)21(27)23-19-11-17(19)13-3-5-16(6-4-13)24-7-1-2-8-24/h3-6,9-10,12,17,19,26H,1-2,7-8,11H2,(H,23,27). The van der Waals surface area contributed by atoms with Crippen LogP contribution in [0.1, 0.15) is 51.5 Å². The van der Waals surface area contributed by atoms with E-state index in [0.717, 1.165) is 25.6 Å². The van der Waals surface area contributed by atoms with Gasteiger partial charge in [-0.25, -0.2) is 4.39 Å². The van der Waals surface area contributed by atoms with E-state index in [1.807, 2.05) is 0 Å². The van der Waals surface area contributed by atoms with E-state index in [2.05, 4.69) is 34.5 Å². The summed E-state index contributed by atoms with van der Waals surface area (Å²) in [5, 5.41) is 12.3. The first-order valence-electron chi connectivity index (χ1n) is 9.20. The SMILES string of the molecule is O=Cc1cc(C(=O)NC2CC2c2ccc(N3CCCC3)cc2)cc(F)c1O. The second-order valence-corrected chi connectivity index (χ2v) is 7.22. The molecule has 2 N–H and O–H groups in total. The fourth-order valence-electron chi connectivity index (χ4n) is 3.72. The third-order valence-electron chi connectivity index (χ3n) is 5.38. The first kappa shape index (κ1) is 17.5. The minimum atomic E-state index is -0.977. The molecule has 1 heterocycles. The number of phenolic OH excluding ortho intramolecular Hbond substituents is 1. The molecule has 0 spiro atoms. The quantitative estimate of drug-likeness (QED) is 0.795. The van der Waals surface area contributed by atoms with Crippen molar-refractivity contribution in [1.29, 1.82) is 0 Å². The Bertz CT molecular complexity index is 876. The molecule has 1 aliphatic heterocycles. The van der Waals surface area contributed by atoms with Crippen molar-refractivity contribution in [3.63, 3.8) is 0 Å². The summed E-state index contributed by atoms with van der Waals surface area (Å²) in [6, 6.07) is 10.6. The summed E-state index contributed by atoms with van der Waals surface area (Å²) in [6.45, 7) is 2.21. The summed E-state index contributed by atoms with van der Waals surface area (Å²) in [6.07, 6.45) is 3.64. The largest absolute Gasteiger partial charge is 0.504 e. The van der Waals surface area contributed by atoms with Crippen LogP contribution in [0.25, 0.3) is 0 Å². The van der Waals surface area contributed by atoms with Gasteiger partial charge in [0, 0.05) is 36.3 Å². The second kappa shape index (κ2) is 7.02. The van der Waals surface area contributed by atoms with Crippen molar-refractivity contribution >= 4 is 17.9 Å². The van der Waals surface area contributed by atoms with Gasteiger partial charge in [0.1, 0.15) is 0 Å². The van der Waals surface area contributed by atoms with Crippen LogP contribution in [0.3, 0.4) is 0 Å². The fraction of sp³-hybridized carbons (Fsp3) is 0.333. The Morgan fingerprint density at radius 3 is 2.56 bits per heavy atom. The summed E-state index contributed by atoms with van der Waals surface area (Å²) in [7, 11) is 0. The lowest BCUT2D eigenvalue weighted by atomic mass is 10.1. The van der Waals surface area contributed by atoms with Crippen LogP contribution in [0.15, 0.2) is 36.4 Å². The van der Waals surface area contributed by atoms with Gasteiger partial charge in [-0.1, -0.05) is 12.1 Å². The molecule has 0 bridgehead atoms. The number of rotatable bonds is 5. The van der Waals surface area contributed by atoms with Crippen molar-refractivity contribution in [1.82, 2.24) is 5.32 Å². The highest BCUT2D eigenvalue weighted by atomic mass is 19.1. The van der Waals surface area contributed by atoms with Gasteiger partial charge in [-0.2, -0.15) is 0 Å². The maximum atomic E-state index is 13.7. The van der Waals surface area contributed by atoms with Gasteiger partial charge in [0.15, 0.2) is 17.9 Å². The zero-order valence-electron chi connectivity index (χ0n) is 14.8. The molecule has 1 aliphatic carbocycles. The van der Waals surface area contributed by atoms with Crippen LogP contribution in [0, 0.1) is 5.82 Å². The molecule has 27 heavy (non-hydrogen) atoms. The van der Waals surface area contributed by atoms with Crippen LogP contribution in [0.2, 0.25) is 0 Å². The molecule has 1 saturated carbocycles. The molecule has 2 unspecified atom stereocenters. The van der Waals surface area contributed by atoms with E-state index in [4.69, 9.17) is 0 Å². The van der Waals surface area contributed by atoms with E-state index in [-0.39, 0.29) is 23.1 Å². The number of nitrogens with zero attached hydrogens (tertiary/aromatic N) is 1. The maximum absolute atomic E-state index is 13.7. The zero-order valence-corrected chi connectivity index (χ0v) is 14.8. The van der Waals surface area contributed by atoms with Crippen molar-refractivity contribution in [3.8, 4) is 5.75 Å². The van der Waals surface area contributed by atoms with Crippen LogP contribution in [0.5, 0.6) is 5.75 Å². The van der Waals surface area contributed by atoms with Crippen LogP contribution in [-0.4, -0.2) is 36.4 Å². The van der Waals surface area contributed by atoms with Gasteiger partial charge in [0.05, 0.1) is 5.56 Å². The highest BCUT2D eigenvalue weighted by Crippen LogP contribution is 2.41. The Kier molecular flexibility index (Phi) is 4.56. The molecule has 1 saturated heterocycles. The van der Waals surface area contributed by atoms with E-state index >= 15 is 0 Å². The lowest BCUT2D eigenvalue weighted by Gasteiger charge is -2.17. The second-order valence-electron chi connectivity index (χ2n) is 7.22. The number of hydrogen-bond acceptors (Lipinski definition) is 4. The number of hydrogen-bond donors (Lipinski definition) is 2. The molecule has 1 amide bonds. The lowest BCUT2D eigenvalue weighted by molar-refractivity contribution is 0.0950. The highest BCUT2D eigenvalue weighted by molar-refractivity contribution is 5.97. The van der Waals surface area contributed by atoms with Crippen LogP contribution in [0.4, 0.5) is 10.1 Å². The minimum Gasteiger partial charge on any atom is -0.504 e. The molecular weight excluding hydrogens is 347 g/mol. The van der Waals surface area contributed by atoms with Crippen LogP contribution in [-0.2, 0) is 0 Å². The molecule has 2 aromatic rings. The lowest BCUT2D eigenvalue weighted by Crippen LogP contribution is -2.26. The molecule has 2 aliphatic rings. The van der Waals surface area contributed by atoms with Gasteiger partial charge in [0.25, 0.3) is 5.91 Å². The monoisotopic (exact) mass is 368 g/mol. The van der Waals surface area contributed by atoms with Crippen molar-refractivity contribution in [2.45, 2.75) is 31.2 Å². The van der Waals surface area contributed by atoms with Crippen molar-refractivity contribution in [2.75, 3.05) is 18.0 Å². The molecule has 140 valence electrons. The number of halogens is 1. The van der Waals surface area contributed by atoms with Crippen molar-refractivity contribution < 1.29 is 19.1 Å². The average Bonchev–Trinajstić information content (AvgIpc) is 3.22. The first-order chi connectivity index (χ1) is 13.1. The maximum Gasteiger partial charge on any atom is 0.251 e. The van der Waals surface area contributed by atoms with Gasteiger partial charge in [0.2, 0.25) is 0 Å². The average molecular weight is 368 g/mol. The Labute approximate surface area is 156 Å². The summed E-state index contributed by atoms with van der Waals surface area (Å²) >= 11 is 0. The normalized spacial score (nSPS) is 21.1. The summed E-state index contributed by atoms with van der Waals surface area (Å²) < 4.78 is 13.7. The summed E-state index contributed by atoms with van der Waals surface area (Å²) in [5.41, 5.74) is 2.21. The number of aldehydes is 1. The molecule has 2 aromatic carbocycles. The molecule has 2 atom stereocenters. The summed E-state index contributed by atoms with van der Waals surface area (Å²) in [4.78, 5) is 25.6. The Balaban J connectivity index is 1.40. The van der Waals surface area contributed by atoms with Gasteiger partial charge >= 0.3 is 0 Å². The molecule has 0 radical (unpaired) electrons. The van der Waals surface area contributed by atoms with Gasteiger partial charge in [-0.3, -0.25) is 9.59 Å². The fourth-order valence-corrected chi connectivity index (χ4v) is 3.72. The molecule has 6 heteroatoms. The molecule has 2 fully saturated rings. The molecule has 5 nitrogen and oxygen atoms in total. The van der Waals surface area contributed by atoms with E-state index in [1.54, 1.807) is 0 Å². The number of amides is 1. The van der Waals surface area contributed by atoms with Gasteiger partial charge in [-0.15, -0.1) is 0 Å². The minimum absolute atomic E-state index is 0.00770. The number of nitrogens with one attached hydrogen (secondary N) is 1. The molecule has 0 aromatic heterocycles. The topological polar surface area (TPSA) is 69.6 Å². The van der Waals surface area contributed by atoms with Crippen LogP contribution >= 0.6 is 0 Å². The van der Waals surface area contributed by atoms with Gasteiger partial charge < -0.3 is 15.3 Å². The number of aromatic hydroxyl groups is 1. The number of phenols is 1.